The van der Waals surface area contributed by atoms with Crippen LogP contribution < -0.4 is 15.4 Å². The Morgan fingerprint density at radius 2 is 1.96 bits per heavy atom. The number of hydrogen-bond donors (Lipinski definition) is 2. The molecule has 0 saturated carbocycles. The lowest BCUT2D eigenvalue weighted by molar-refractivity contribution is 0.414. The molecule has 7 nitrogen and oxygen atoms in total. The van der Waals surface area contributed by atoms with Gasteiger partial charge in [-0.3, -0.25) is 4.99 Å². The number of nitrogens with one attached hydrogen (secondary N) is 2. The number of guanidine groups is 1. The monoisotopic (exact) mass is 372 g/mol. The third-order valence-corrected chi connectivity index (χ3v) is 3.98. The maximum Gasteiger partial charge on any atom is 0.191 e. The highest BCUT2D eigenvalue weighted by Crippen LogP contribution is 2.11. The van der Waals surface area contributed by atoms with Crippen LogP contribution in [0.3, 0.4) is 0 Å². The maximum atomic E-state index is 5.20. The summed E-state index contributed by atoms with van der Waals surface area (Å²) in [5, 5.41) is 15.0. The summed E-state index contributed by atoms with van der Waals surface area (Å²) in [5.41, 5.74) is 1.18. The van der Waals surface area contributed by atoms with E-state index in [-0.39, 0.29) is 5.54 Å². The van der Waals surface area contributed by atoms with Gasteiger partial charge in [-0.15, -0.1) is 10.2 Å². The molecule has 0 fully saturated rings. The van der Waals surface area contributed by atoms with Crippen LogP contribution in [0.2, 0.25) is 0 Å². The molecule has 7 heteroatoms. The smallest absolute Gasteiger partial charge is 0.191 e. The van der Waals surface area contributed by atoms with E-state index in [1.165, 1.54) is 5.56 Å². The number of hydrogen-bond acceptors (Lipinski definition) is 4. The molecule has 0 amide bonds. The van der Waals surface area contributed by atoms with Crippen molar-refractivity contribution in [1.29, 1.82) is 0 Å². The second kappa shape index (κ2) is 9.94. The lowest BCUT2D eigenvalue weighted by Crippen LogP contribution is -2.48. The molecular weight excluding hydrogens is 340 g/mol. The molecule has 27 heavy (non-hydrogen) atoms. The number of benzene rings is 1. The minimum atomic E-state index is -0.0584. The quantitative estimate of drug-likeness (QED) is 0.550. The number of methoxy groups -OCH3 is 1. The van der Waals surface area contributed by atoms with E-state index in [0.717, 1.165) is 43.5 Å². The van der Waals surface area contributed by atoms with Gasteiger partial charge in [0.15, 0.2) is 5.96 Å². The Balaban J connectivity index is 1.90. The van der Waals surface area contributed by atoms with Crippen molar-refractivity contribution in [2.75, 3.05) is 20.2 Å². The Kier molecular flexibility index (Phi) is 7.64. The summed E-state index contributed by atoms with van der Waals surface area (Å²) in [6, 6.07) is 8.13. The van der Waals surface area contributed by atoms with Gasteiger partial charge >= 0.3 is 0 Å². The third kappa shape index (κ3) is 7.29. The standard InChI is InChI=1S/C20H32N6O/c1-6-18-25-23-15-26(18)14-13-22-19(24-20(2,3)4)21-12-11-16-7-9-17(27-5)10-8-16/h7-10,15H,6,11-14H2,1-5H3,(H2,21,22,24). The molecule has 0 aliphatic rings. The molecule has 0 aliphatic heterocycles. The summed E-state index contributed by atoms with van der Waals surface area (Å²) in [5.74, 6) is 2.69. The van der Waals surface area contributed by atoms with Crippen molar-refractivity contribution in [3.63, 3.8) is 0 Å². The zero-order chi connectivity index (χ0) is 19.7. The van der Waals surface area contributed by atoms with Crippen LogP contribution in [0.25, 0.3) is 0 Å². The van der Waals surface area contributed by atoms with Gasteiger partial charge in [0.1, 0.15) is 17.9 Å². The number of aryl methyl sites for hydroxylation is 1. The van der Waals surface area contributed by atoms with Gasteiger partial charge in [0.25, 0.3) is 0 Å². The van der Waals surface area contributed by atoms with Crippen molar-refractivity contribution in [3.05, 3.63) is 42.0 Å². The van der Waals surface area contributed by atoms with Crippen LogP contribution in [-0.4, -0.2) is 46.5 Å². The molecule has 0 unspecified atom stereocenters. The predicted molar refractivity (Wildman–Crippen MR) is 109 cm³/mol. The van der Waals surface area contributed by atoms with Crippen LogP contribution in [0.5, 0.6) is 5.75 Å². The number of aromatic nitrogens is 3. The Labute approximate surface area is 162 Å². The van der Waals surface area contributed by atoms with E-state index in [9.17, 15) is 0 Å². The largest absolute Gasteiger partial charge is 0.497 e. The van der Waals surface area contributed by atoms with Crippen LogP contribution >= 0.6 is 0 Å². The van der Waals surface area contributed by atoms with Crippen LogP contribution in [0.15, 0.2) is 35.6 Å². The Hall–Kier alpha value is -2.57. The fourth-order valence-corrected chi connectivity index (χ4v) is 2.62. The van der Waals surface area contributed by atoms with Crippen molar-refractivity contribution < 1.29 is 4.74 Å². The fraction of sp³-hybridized carbons (Fsp3) is 0.550. The normalized spacial score (nSPS) is 12.1. The highest BCUT2D eigenvalue weighted by molar-refractivity contribution is 5.80. The summed E-state index contributed by atoms with van der Waals surface area (Å²) in [7, 11) is 1.68. The van der Waals surface area contributed by atoms with Gasteiger partial charge < -0.3 is 19.9 Å². The van der Waals surface area contributed by atoms with Gasteiger partial charge in [-0.25, -0.2) is 0 Å². The van der Waals surface area contributed by atoms with Crippen molar-refractivity contribution in [1.82, 2.24) is 25.4 Å². The molecule has 2 N–H and O–H groups in total. The van der Waals surface area contributed by atoms with E-state index < -0.39 is 0 Å². The Morgan fingerprint density at radius 3 is 2.59 bits per heavy atom. The van der Waals surface area contributed by atoms with E-state index in [2.05, 4.69) is 65.2 Å². The molecule has 0 atom stereocenters. The summed E-state index contributed by atoms with van der Waals surface area (Å²) >= 11 is 0. The Bertz CT molecular complexity index is 715. The molecule has 148 valence electrons. The molecule has 0 radical (unpaired) electrons. The summed E-state index contributed by atoms with van der Waals surface area (Å²) in [6.45, 7) is 10.7. The first-order valence-corrected chi connectivity index (χ1v) is 9.47. The van der Waals surface area contributed by atoms with Crippen LogP contribution in [0.4, 0.5) is 0 Å². The Morgan fingerprint density at radius 1 is 1.22 bits per heavy atom. The predicted octanol–water partition coefficient (Wildman–Crippen LogP) is 2.43. The van der Waals surface area contributed by atoms with E-state index in [4.69, 9.17) is 9.73 Å². The SMILES string of the molecule is CCc1nncn1CCNC(=NCCc1ccc(OC)cc1)NC(C)(C)C. The van der Waals surface area contributed by atoms with E-state index in [0.29, 0.717) is 6.54 Å². The molecule has 0 aliphatic carbocycles. The highest BCUT2D eigenvalue weighted by Gasteiger charge is 2.12. The highest BCUT2D eigenvalue weighted by atomic mass is 16.5. The van der Waals surface area contributed by atoms with Crippen LogP contribution in [0.1, 0.15) is 39.1 Å². The molecule has 0 spiro atoms. The van der Waals surface area contributed by atoms with Crippen molar-refractivity contribution >= 4 is 5.96 Å². The summed E-state index contributed by atoms with van der Waals surface area (Å²) < 4.78 is 7.27. The minimum absolute atomic E-state index is 0.0584. The molecule has 2 aromatic rings. The zero-order valence-corrected chi connectivity index (χ0v) is 17.1. The maximum absolute atomic E-state index is 5.20. The topological polar surface area (TPSA) is 76.4 Å². The first-order chi connectivity index (χ1) is 12.9. The average molecular weight is 373 g/mol. The second-order valence-corrected chi connectivity index (χ2v) is 7.42. The summed E-state index contributed by atoms with van der Waals surface area (Å²) in [4.78, 5) is 4.73. The van der Waals surface area contributed by atoms with Gasteiger partial charge in [0.2, 0.25) is 0 Å². The molecule has 0 saturated heterocycles. The van der Waals surface area contributed by atoms with Gasteiger partial charge in [-0.2, -0.15) is 0 Å². The van der Waals surface area contributed by atoms with Crippen molar-refractivity contribution in [3.8, 4) is 5.75 Å². The minimum Gasteiger partial charge on any atom is -0.497 e. The summed E-state index contributed by atoms with van der Waals surface area (Å²) in [6.07, 6.45) is 3.54. The molecule has 0 bridgehead atoms. The van der Waals surface area contributed by atoms with Gasteiger partial charge in [0.05, 0.1) is 7.11 Å². The van der Waals surface area contributed by atoms with E-state index in [1.807, 2.05) is 12.1 Å². The number of ether oxygens (including phenoxy) is 1. The lowest BCUT2D eigenvalue weighted by atomic mass is 10.1. The molecule has 1 aromatic heterocycles. The van der Waals surface area contributed by atoms with Crippen molar-refractivity contribution in [2.45, 2.75) is 52.6 Å². The number of aliphatic imine (C=N–C) groups is 1. The fourth-order valence-electron chi connectivity index (χ4n) is 2.62. The third-order valence-electron chi connectivity index (χ3n) is 3.98. The molecule has 1 heterocycles. The first-order valence-electron chi connectivity index (χ1n) is 9.47. The van der Waals surface area contributed by atoms with E-state index >= 15 is 0 Å². The van der Waals surface area contributed by atoms with Gasteiger partial charge in [0, 0.05) is 31.6 Å². The molecular formula is C20H32N6O. The molecule has 1 aromatic carbocycles. The second-order valence-electron chi connectivity index (χ2n) is 7.42. The number of rotatable bonds is 8. The van der Waals surface area contributed by atoms with E-state index in [1.54, 1.807) is 13.4 Å². The van der Waals surface area contributed by atoms with Crippen LogP contribution in [-0.2, 0) is 19.4 Å². The van der Waals surface area contributed by atoms with Gasteiger partial charge in [-0.1, -0.05) is 19.1 Å². The average Bonchev–Trinajstić information content (AvgIpc) is 3.08. The van der Waals surface area contributed by atoms with Crippen LogP contribution in [0, 0.1) is 0 Å². The van der Waals surface area contributed by atoms with Gasteiger partial charge in [-0.05, 0) is 44.9 Å². The first kappa shape index (κ1) is 20.7. The zero-order valence-electron chi connectivity index (χ0n) is 17.1. The van der Waals surface area contributed by atoms with Crippen molar-refractivity contribution in [2.24, 2.45) is 4.99 Å². The number of nitrogens with zero attached hydrogens (tertiary/aromatic N) is 4. The lowest BCUT2D eigenvalue weighted by Gasteiger charge is -2.24. The molecule has 2 rings (SSSR count).